The molecule has 0 atom stereocenters. The van der Waals surface area contributed by atoms with Gasteiger partial charge in [-0.3, -0.25) is 4.79 Å². The number of hydrogen-bond acceptors (Lipinski definition) is 2. The molecule has 1 aliphatic carbocycles. The zero-order valence-corrected chi connectivity index (χ0v) is 19.3. The van der Waals surface area contributed by atoms with Crippen LogP contribution in [0.1, 0.15) is 73.6 Å². The molecule has 1 aliphatic rings. The molecule has 4 rings (SSSR count). The molecular formula is C28H35N3O. The van der Waals surface area contributed by atoms with Gasteiger partial charge in [0.15, 0.2) is 0 Å². The van der Waals surface area contributed by atoms with Crippen LogP contribution in [0.4, 0.5) is 0 Å². The number of aryl methyl sites for hydroxylation is 1. The highest BCUT2D eigenvalue weighted by Gasteiger charge is 2.29. The standard InChI is InChI=1S/C28H35N3O/c1-3-5-6-11-22-16-18-23(19-17-22)28(32)31(24-12-7-8-13-24)21-27-29-25-14-9-10-15-26(25)30(27)20-4-2/h4,9-10,14-19,24H,2-3,5-8,11-13,20-21H2,1H3. The van der Waals surface area contributed by atoms with Crippen LogP contribution < -0.4 is 0 Å². The molecule has 0 aliphatic heterocycles. The minimum absolute atomic E-state index is 0.120. The van der Waals surface area contributed by atoms with Crippen LogP contribution in [0.5, 0.6) is 0 Å². The first-order valence-corrected chi connectivity index (χ1v) is 12.2. The molecule has 1 amide bonds. The lowest BCUT2D eigenvalue weighted by molar-refractivity contribution is 0.0657. The minimum Gasteiger partial charge on any atom is -0.328 e. The number of allylic oxidation sites excluding steroid dienone is 1. The number of hydrogen-bond donors (Lipinski definition) is 0. The molecule has 0 spiro atoms. The fraction of sp³-hybridized carbons (Fsp3) is 0.429. The molecule has 0 radical (unpaired) electrons. The lowest BCUT2D eigenvalue weighted by Crippen LogP contribution is -2.39. The first-order valence-electron chi connectivity index (χ1n) is 12.2. The lowest BCUT2D eigenvalue weighted by atomic mass is 10.0. The van der Waals surface area contributed by atoms with Gasteiger partial charge in [-0.2, -0.15) is 0 Å². The predicted molar refractivity (Wildman–Crippen MR) is 132 cm³/mol. The molecule has 1 heterocycles. The van der Waals surface area contributed by atoms with Crippen molar-refractivity contribution < 1.29 is 4.79 Å². The summed E-state index contributed by atoms with van der Waals surface area (Å²) in [5, 5.41) is 0. The molecule has 0 bridgehead atoms. The summed E-state index contributed by atoms with van der Waals surface area (Å²) in [6, 6.07) is 16.7. The number of aromatic nitrogens is 2. The van der Waals surface area contributed by atoms with E-state index in [1.807, 2.05) is 36.4 Å². The summed E-state index contributed by atoms with van der Waals surface area (Å²) in [5.74, 6) is 1.05. The van der Waals surface area contributed by atoms with E-state index in [4.69, 9.17) is 4.98 Å². The molecule has 1 fully saturated rings. The summed E-state index contributed by atoms with van der Waals surface area (Å²) in [6.45, 7) is 7.37. The molecule has 4 nitrogen and oxygen atoms in total. The molecule has 1 aromatic heterocycles. The number of rotatable bonds is 10. The van der Waals surface area contributed by atoms with Crippen LogP contribution in [0.3, 0.4) is 0 Å². The largest absolute Gasteiger partial charge is 0.328 e. The van der Waals surface area contributed by atoms with Crippen LogP contribution in [0, 0.1) is 0 Å². The van der Waals surface area contributed by atoms with Crippen molar-refractivity contribution in [3.63, 3.8) is 0 Å². The second kappa shape index (κ2) is 10.6. The van der Waals surface area contributed by atoms with E-state index in [0.717, 1.165) is 41.7 Å². The van der Waals surface area contributed by atoms with Crippen LogP contribution in [-0.2, 0) is 19.5 Å². The Balaban J connectivity index is 1.59. The van der Waals surface area contributed by atoms with Crippen LogP contribution in [0.2, 0.25) is 0 Å². The van der Waals surface area contributed by atoms with Crippen molar-refractivity contribution in [3.8, 4) is 0 Å². The average Bonchev–Trinajstić information content (AvgIpc) is 3.47. The van der Waals surface area contributed by atoms with Gasteiger partial charge >= 0.3 is 0 Å². The number of para-hydroxylation sites is 2. The highest BCUT2D eigenvalue weighted by atomic mass is 16.2. The average molecular weight is 430 g/mol. The van der Waals surface area contributed by atoms with Crippen LogP contribution in [0.15, 0.2) is 61.2 Å². The van der Waals surface area contributed by atoms with E-state index in [2.05, 4.69) is 41.2 Å². The topological polar surface area (TPSA) is 38.1 Å². The van der Waals surface area contributed by atoms with Gasteiger partial charge in [-0.05, 0) is 55.5 Å². The Hall–Kier alpha value is -2.88. The zero-order chi connectivity index (χ0) is 22.3. The van der Waals surface area contributed by atoms with E-state index in [1.165, 1.54) is 37.7 Å². The molecule has 2 aromatic carbocycles. The van der Waals surface area contributed by atoms with Crippen molar-refractivity contribution in [2.75, 3.05) is 0 Å². The first-order chi connectivity index (χ1) is 15.7. The molecule has 3 aromatic rings. The third kappa shape index (κ3) is 4.95. The third-order valence-electron chi connectivity index (χ3n) is 6.65. The van der Waals surface area contributed by atoms with Gasteiger partial charge in [-0.25, -0.2) is 4.98 Å². The van der Waals surface area contributed by atoms with Crippen LogP contribution in [-0.4, -0.2) is 26.4 Å². The Morgan fingerprint density at radius 2 is 1.88 bits per heavy atom. The second-order valence-electron chi connectivity index (χ2n) is 8.94. The summed E-state index contributed by atoms with van der Waals surface area (Å²) in [6.07, 6.45) is 11.2. The van der Waals surface area contributed by atoms with Gasteiger partial charge in [0.2, 0.25) is 0 Å². The molecule has 0 unspecified atom stereocenters. The predicted octanol–water partition coefficient (Wildman–Crippen LogP) is 6.54. The Labute approximate surface area is 192 Å². The molecule has 168 valence electrons. The number of benzene rings is 2. The van der Waals surface area contributed by atoms with Gasteiger partial charge in [0.25, 0.3) is 5.91 Å². The minimum atomic E-state index is 0.120. The highest BCUT2D eigenvalue weighted by molar-refractivity contribution is 5.94. The van der Waals surface area contributed by atoms with E-state index >= 15 is 0 Å². The van der Waals surface area contributed by atoms with E-state index in [9.17, 15) is 4.79 Å². The van der Waals surface area contributed by atoms with Crippen molar-refractivity contribution in [3.05, 3.63) is 78.1 Å². The zero-order valence-electron chi connectivity index (χ0n) is 19.3. The normalized spacial score (nSPS) is 14.2. The van der Waals surface area contributed by atoms with Gasteiger partial charge in [0.1, 0.15) is 5.82 Å². The van der Waals surface area contributed by atoms with Gasteiger partial charge in [-0.1, -0.05) is 62.9 Å². The van der Waals surface area contributed by atoms with E-state index in [1.54, 1.807) is 0 Å². The Morgan fingerprint density at radius 1 is 1.12 bits per heavy atom. The van der Waals surface area contributed by atoms with Gasteiger partial charge in [0.05, 0.1) is 17.6 Å². The number of carbonyl (C=O) groups excluding carboxylic acids is 1. The smallest absolute Gasteiger partial charge is 0.254 e. The van der Waals surface area contributed by atoms with Crippen molar-refractivity contribution in [2.45, 2.75) is 77.4 Å². The summed E-state index contributed by atoms with van der Waals surface area (Å²) >= 11 is 0. The number of carbonyl (C=O) groups is 1. The van der Waals surface area contributed by atoms with Crippen molar-refractivity contribution in [1.29, 1.82) is 0 Å². The maximum atomic E-state index is 13.7. The van der Waals surface area contributed by atoms with E-state index < -0.39 is 0 Å². The van der Waals surface area contributed by atoms with Crippen LogP contribution >= 0.6 is 0 Å². The molecule has 4 heteroatoms. The number of imidazole rings is 1. The van der Waals surface area contributed by atoms with Crippen molar-refractivity contribution in [1.82, 2.24) is 14.5 Å². The van der Waals surface area contributed by atoms with Gasteiger partial charge in [-0.15, -0.1) is 6.58 Å². The summed E-state index contributed by atoms with van der Waals surface area (Å²) < 4.78 is 2.19. The third-order valence-corrected chi connectivity index (χ3v) is 6.65. The quantitative estimate of drug-likeness (QED) is 0.271. The van der Waals surface area contributed by atoms with Crippen molar-refractivity contribution >= 4 is 16.9 Å². The fourth-order valence-corrected chi connectivity index (χ4v) is 4.87. The number of fused-ring (bicyclic) bond motifs is 1. The molecule has 0 saturated heterocycles. The lowest BCUT2D eigenvalue weighted by Gasteiger charge is -2.29. The van der Waals surface area contributed by atoms with Crippen LogP contribution in [0.25, 0.3) is 11.0 Å². The summed E-state index contributed by atoms with van der Waals surface area (Å²) in [7, 11) is 0. The van der Waals surface area contributed by atoms with E-state index in [0.29, 0.717) is 13.1 Å². The number of amides is 1. The Bertz CT molecular complexity index is 1040. The molecular weight excluding hydrogens is 394 g/mol. The van der Waals surface area contributed by atoms with E-state index in [-0.39, 0.29) is 11.9 Å². The fourth-order valence-electron chi connectivity index (χ4n) is 4.87. The maximum Gasteiger partial charge on any atom is 0.254 e. The molecule has 1 saturated carbocycles. The van der Waals surface area contributed by atoms with Crippen molar-refractivity contribution in [2.24, 2.45) is 0 Å². The SMILES string of the molecule is C=CCn1c(CN(C(=O)c2ccc(CCCCC)cc2)C2CCCC2)nc2ccccc21. The van der Waals surface area contributed by atoms with Gasteiger partial charge in [0, 0.05) is 18.2 Å². The summed E-state index contributed by atoms with van der Waals surface area (Å²) in [4.78, 5) is 20.6. The monoisotopic (exact) mass is 429 g/mol. The number of unbranched alkanes of at least 4 members (excludes halogenated alkanes) is 2. The first kappa shape index (κ1) is 22.3. The second-order valence-corrected chi connectivity index (χ2v) is 8.94. The maximum absolute atomic E-state index is 13.7. The highest BCUT2D eigenvalue weighted by Crippen LogP contribution is 2.28. The Morgan fingerprint density at radius 3 is 2.59 bits per heavy atom. The molecule has 0 N–H and O–H groups in total. The summed E-state index contributed by atoms with van der Waals surface area (Å²) in [5.41, 5.74) is 4.16. The number of nitrogens with zero attached hydrogens (tertiary/aromatic N) is 3. The Kier molecular flexibility index (Phi) is 7.41. The molecule has 32 heavy (non-hydrogen) atoms. The van der Waals surface area contributed by atoms with Gasteiger partial charge < -0.3 is 9.47 Å².